The molecule has 10 heteroatoms. The summed E-state index contributed by atoms with van der Waals surface area (Å²) in [7, 11) is 0. The van der Waals surface area contributed by atoms with Crippen LogP contribution in [0.25, 0.3) is 11.1 Å². The van der Waals surface area contributed by atoms with Gasteiger partial charge in [-0.05, 0) is 117 Å². The number of carbonyl (C=O) groups is 3. The SMILES string of the molecule is Cc1ccc(-c2c(C)noc2C)cc1N(C[C@H]1C[C@@H]1CNc1ccc2c(c1)CN(C1CCC(=O)NC1=O)C2=O)c1ccc(C2(C#N)CC2)cc1. The zero-order valence-corrected chi connectivity index (χ0v) is 28.6. The van der Waals surface area contributed by atoms with Gasteiger partial charge in [0.2, 0.25) is 11.8 Å². The minimum atomic E-state index is -0.620. The fourth-order valence-electron chi connectivity index (χ4n) is 7.80. The van der Waals surface area contributed by atoms with E-state index >= 15 is 0 Å². The van der Waals surface area contributed by atoms with Gasteiger partial charge in [0.05, 0.1) is 17.2 Å². The van der Waals surface area contributed by atoms with E-state index in [1.807, 2.05) is 32.0 Å². The number of hydrogen-bond donors (Lipinski definition) is 2. The van der Waals surface area contributed by atoms with Crippen LogP contribution in [0.3, 0.4) is 0 Å². The first-order chi connectivity index (χ1) is 24.1. The molecule has 50 heavy (non-hydrogen) atoms. The van der Waals surface area contributed by atoms with E-state index in [1.54, 1.807) is 4.90 Å². The highest BCUT2D eigenvalue weighted by atomic mass is 16.5. The zero-order chi connectivity index (χ0) is 34.7. The molecule has 1 aromatic heterocycles. The van der Waals surface area contributed by atoms with E-state index in [2.05, 4.69) is 76.1 Å². The van der Waals surface area contributed by atoms with Crippen LogP contribution < -0.4 is 15.5 Å². The van der Waals surface area contributed by atoms with Crippen LogP contribution in [0.2, 0.25) is 0 Å². The molecule has 8 rings (SSSR count). The summed E-state index contributed by atoms with van der Waals surface area (Å²) in [6, 6.07) is 22.8. The smallest absolute Gasteiger partial charge is 0.255 e. The number of aromatic nitrogens is 1. The van der Waals surface area contributed by atoms with E-state index in [4.69, 9.17) is 4.52 Å². The Morgan fingerprint density at radius 3 is 2.54 bits per heavy atom. The first-order valence-electron chi connectivity index (χ1n) is 17.5. The second-order valence-corrected chi connectivity index (χ2v) is 14.5. The van der Waals surface area contributed by atoms with Gasteiger partial charge in [0.1, 0.15) is 11.8 Å². The van der Waals surface area contributed by atoms with Crippen LogP contribution in [0, 0.1) is 43.9 Å². The molecule has 4 aliphatic rings. The molecule has 0 radical (unpaired) electrons. The van der Waals surface area contributed by atoms with Crippen molar-refractivity contribution >= 4 is 34.8 Å². The highest BCUT2D eigenvalue weighted by Gasteiger charge is 2.45. The molecule has 254 valence electrons. The van der Waals surface area contributed by atoms with Crippen molar-refractivity contribution in [3.63, 3.8) is 0 Å². The van der Waals surface area contributed by atoms with Crippen molar-refractivity contribution < 1.29 is 18.9 Å². The molecule has 1 saturated heterocycles. The number of piperidine rings is 1. The van der Waals surface area contributed by atoms with Crippen LogP contribution in [-0.4, -0.2) is 46.9 Å². The van der Waals surface area contributed by atoms with Gasteiger partial charge in [-0.1, -0.05) is 29.4 Å². The normalized spacial score (nSPS) is 21.8. The summed E-state index contributed by atoms with van der Waals surface area (Å²) in [4.78, 5) is 41.2. The molecule has 4 aromatic rings. The molecule has 3 aromatic carbocycles. The standard InChI is InChI=1S/C40H40N6O4/c1-23-4-5-26(37-24(2)44-50-25(37)3)18-35(23)45(32-9-6-30(7-10-32)40(22-41)14-15-40)20-28-16-27(28)19-42-31-8-11-33-29(17-31)21-46(39(33)49)34-12-13-36(47)43-38(34)48/h4-11,17-18,27-28,34,42H,12-16,19-21H2,1-3H3,(H,43,47,48)/t27-,28-,34?/m1/s1. The Balaban J connectivity index is 0.984. The van der Waals surface area contributed by atoms with Crippen molar-refractivity contribution in [1.82, 2.24) is 15.4 Å². The van der Waals surface area contributed by atoms with E-state index in [1.165, 1.54) is 5.56 Å². The number of nitrogens with zero attached hydrogens (tertiary/aromatic N) is 4. The Morgan fingerprint density at radius 2 is 1.84 bits per heavy atom. The lowest BCUT2D eigenvalue weighted by molar-refractivity contribution is -0.136. The number of benzene rings is 3. The summed E-state index contributed by atoms with van der Waals surface area (Å²) >= 11 is 0. The van der Waals surface area contributed by atoms with Crippen molar-refractivity contribution in [2.45, 2.75) is 70.9 Å². The van der Waals surface area contributed by atoms with Gasteiger partial charge >= 0.3 is 0 Å². The summed E-state index contributed by atoms with van der Waals surface area (Å²) in [5.41, 5.74) is 9.60. The summed E-state index contributed by atoms with van der Waals surface area (Å²) in [6.45, 7) is 8.08. The van der Waals surface area contributed by atoms with Gasteiger partial charge in [0.15, 0.2) is 0 Å². The van der Waals surface area contributed by atoms with Gasteiger partial charge in [-0.3, -0.25) is 19.7 Å². The second-order valence-electron chi connectivity index (χ2n) is 14.5. The van der Waals surface area contributed by atoms with E-state index in [0.29, 0.717) is 30.4 Å². The molecule has 3 heterocycles. The highest BCUT2D eigenvalue weighted by molar-refractivity contribution is 6.05. The fraction of sp³-hybridized carbons (Fsp3) is 0.375. The first kappa shape index (κ1) is 31.8. The number of nitrogens with one attached hydrogen (secondary N) is 2. The number of rotatable bonds is 10. The van der Waals surface area contributed by atoms with Crippen LogP contribution in [0.5, 0.6) is 0 Å². The van der Waals surface area contributed by atoms with Gasteiger partial charge in [-0.15, -0.1) is 0 Å². The molecule has 2 aliphatic heterocycles. The van der Waals surface area contributed by atoms with E-state index in [0.717, 1.165) is 83.1 Å². The molecule has 10 nitrogen and oxygen atoms in total. The van der Waals surface area contributed by atoms with Crippen molar-refractivity contribution in [1.29, 1.82) is 5.26 Å². The molecule has 3 fully saturated rings. The minimum Gasteiger partial charge on any atom is -0.385 e. The average molecular weight is 669 g/mol. The number of nitriles is 1. The van der Waals surface area contributed by atoms with Crippen molar-refractivity contribution in [3.05, 3.63) is 94.4 Å². The number of amides is 3. The Kier molecular flexibility index (Phi) is 7.74. The number of hydrogen-bond acceptors (Lipinski definition) is 8. The van der Waals surface area contributed by atoms with Gasteiger partial charge in [0.25, 0.3) is 5.91 Å². The molecule has 3 amide bonds. The summed E-state index contributed by atoms with van der Waals surface area (Å²) < 4.78 is 5.51. The van der Waals surface area contributed by atoms with Gasteiger partial charge in [-0.25, -0.2) is 0 Å². The molecule has 2 saturated carbocycles. The Hall–Kier alpha value is -5.43. The number of imide groups is 1. The molecule has 2 aliphatic carbocycles. The van der Waals surface area contributed by atoms with Crippen LogP contribution >= 0.6 is 0 Å². The maximum atomic E-state index is 13.1. The van der Waals surface area contributed by atoms with Gasteiger partial charge in [0, 0.05) is 54.2 Å². The second kappa shape index (κ2) is 12.2. The lowest BCUT2D eigenvalue weighted by atomic mass is 9.97. The lowest BCUT2D eigenvalue weighted by Gasteiger charge is -2.29. The molecule has 0 bridgehead atoms. The molecular weight excluding hydrogens is 628 g/mol. The molecular formula is C40H40N6O4. The Morgan fingerprint density at radius 1 is 1.04 bits per heavy atom. The largest absolute Gasteiger partial charge is 0.385 e. The third kappa shape index (κ3) is 5.70. The minimum absolute atomic E-state index is 0.162. The van der Waals surface area contributed by atoms with Gasteiger partial charge < -0.3 is 19.6 Å². The molecule has 0 spiro atoms. The average Bonchev–Trinajstić information content (AvgIpc) is 4.02. The highest BCUT2D eigenvalue weighted by Crippen LogP contribution is 2.48. The van der Waals surface area contributed by atoms with E-state index in [9.17, 15) is 19.6 Å². The van der Waals surface area contributed by atoms with E-state index in [-0.39, 0.29) is 23.7 Å². The summed E-state index contributed by atoms with van der Waals surface area (Å²) in [6.07, 6.45) is 3.52. The van der Waals surface area contributed by atoms with Gasteiger partial charge in [-0.2, -0.15) is 5.26 Å². The maximum absolute atomic E-state index is 13.1. The molecule has 1 unspecified atom stereocenters. The quantitative estimate of drug-likeness (QED) is 0.184. The Labute approximate surface area is 291 Å². The predicted octanol–water partition coefficient (Wildman–Crippen LogP) is 6.47. The van der Waals surface area contributed by atoms with Crippen molar-refractivity contribution in [3.8, 4) is 17.2 Å². The third-order valence-corrected chi connectivity index (χ3v) is 11.1. The van der Waals surface area contributed by atoms with Crippen LogP contribution in [0.1, 0.15) is 70.6 Å². The number of carbonyl (C=O) groups excluding carboxylic acids is 3. The first-order valence-corrected chi connectivity index (χ1v) is 17.5. The van der Waals surface area contributed by atoms with Crippen molar-refractivity contribution in [2.75, 3.05) is 23.3 Å². The Bertz CT molecular complexity index is 2050. The number of aryl methyl sites for hydroxylation is 3. The van der Waals surface area contributed by atoms with Crippen LogP contribution in [0.15, 0.2) is 65.2 Å². The monoisotopic (exact) mass is 668 g/mol. The fourth-order valence-corrected chi connectivity index (χ4v) is 7.80. The summed E-state index contributed by atoms with van der Waals surface area (Å²) in [5, 5.41) is 19.9. The summed E-state index contributed by atoms with van der Waals surface area (Å²) in [5.74, 6) is 0.898. The van der Waals surface area contributed by atoms with Crippen LogP contribution in [-0.2, 0) is 21.5 Å². The number of anilines is 3. The zero-order valence-electron chi connectivity index (χ0n) is 28.6. The predicted molar refractivity (Wildman–Crippen MR) is 189 cm³/mol. The molecule has 3 atom stereocenters. The third-order valence-electron chi connectivity index (χ3n) is 11.1. The number of fused-ring (bicyclic) bond motifs is 1. The van der Waals surface area contributed by atoms with Crippen LogP contribution in [0.4, 0.5) is 17.1 Å². The topological polar surface area (TPSA) is 132 Å². The van der Waals surface area contributed by atoms with Crippen molar-refractivity contribution in [2.24, 2.45) is 11.8 Å². The lowest BCUT2D eigenvalue weighted by Crippen LogP contribution is -2.52. The van der Waals surface area contributed by atoms with E-state index < -0.39 is 11.9 Å². The maximum Gasteiger partial charge on any atom is 0.255 e. The molecule has 2 N–H and O–H groups in total.